The fraction of sp³-hybridized carbons (Fsp3) is 0.111. The lowest BCUT2D eigenvalue weighted by Crippen LogP contribution is -1.82. The van der Waals surface area contributed by atoms with Gasteiger partial charge in [-0.1, -0.05) is 0 Å². The first-order valence-corrected chi connectivity index (χ1v) is 3.82. The molecule has 1 N–H and O–H groups in total. The molecule has 0 unspecified atom stereocenters. The lowest BCUT2D eigenvalue weighted by atomic mass is 10.2. The predicted octanol–water partition coefficient (Wildman–Crippen LogP) is 1.38. The zero-order chi connectivity index (χ0) is 9.26. The number of imidazole rings is 1. The van der Waals surface area contributed by atoms with Crippen molar-refractivity contribution in [2.45, 2.75) is 0 Å². The quantitative estimate of drug-likeness (QED) is 0.703. The number of carbonyl (C=O) groups excluding carboxylic acids is 1. The molecule has 0 aliphatic carbocycles. The fourth-order valence-corrected chi connectivity index (χ4v) is 1.17. The molecule has 0 saturated carbocycles. The van der Waals surface area contributed by atoms with Crippen molar-refractivity contribution in [3.8, 4) is 6.01 Å². The summed E-state index contributed by atoms with van der Waals surface area (Å²) in [5, 5.41) is 0. The van der Waals surface area contributed by atoms with Gasteiger partial charge in [-0.15, -0.1) is 0 Å². The number of methoxy groups -OCH3 is 1. The molecule has 0 saturated heterocycles. The molecule has 1 heterocycles. The largest absolute Gasteiger partial charge is 0.468 e. The van der Waals surface area contributed by atoms with E-state index in [2.05, 4.69) is 9.97 Å². The normalized spacial score (nSPS) is 10.2. The summed E-state index contributed by atoms with van der Waals surface area (Å²) in [6.45, 7) is 0. The van der Waals surface area contributed by atoms with Crippen LogP contribution in [-0.4, -0.2) is 23.4 Å². The van der Waals surface area contributed by atoms with Gasteiger partial charge in [-0.05, 0) is 18.2 Å². The summed E-state index contributed by atoms with van der Waals surface area (Å²) in [6.07, 6.45) is 0.792. The SMILES string of the molecule is COc1nc2cc(C=O)ccc2[nH]1. The first-order chi connectivity index (χ1) is 6.33. The molecule has 0 spiro atoms. The summed E-state index contributed by atoms with van der Waals surface area (Å²) in [5.41, 5.74) is 2.21. The molecular formula is C9H8N2O2. The van der Waals surface area contributed by atoms with Crippen molar-refractivity contribution in [3.05, 3.63) is 23.8 Å². The van der Waals surface area contributed by atoms with Crippen LogP contribution < -0.4 is 4.74 Å². The zero-order valence-electron chi connectivity index (χ0n) is 7.07. The van der Waals surface area contributed by atoms with Gasteiger partial charge in [-0.2, -0.15) is 4.98 Å². The highest BCUT2D eigenvalue weighted by Crippen LogP contribution is 2.16. The molecule has 2 rings (SSSR count). The van der Waals surface area contributed by atoms with E-state index in [1.54, 1.807) is 25.3 Å². The van der Waals surface area contributed by atoms with Crippen LogP contribution in [0.25, 0.3) is 11.0 Å². The lowest BCUT2D eigenvalue weighted by Gasteiger charge is -1.88. The van der Waals surface area contributed by atoms with Gasteiger partial charge in [0, 0.05) is 5.56 Å². The number of hydrogen-bond acceptors (Lipinski definition) is 3. The number of fused-ring (bicyclic) bond motifs is 1. The highest BCUT2D eigenvalue weighted by atomic mass is 16.5. The third-order valence-corrected chi connectivity index (χ3v) is 1.81. The van der Waals surface area contributed by atoms with Gasteiger partial charge in [-0.3, -0.25) is 4.79 Å². The van der Waals surface area contributed by atoms with Crippen LogP contribution in [0.3, 0.4) is 0 Å². The van der Waals surface area contributed by atoms with Crippen molar-refractivity contribution in [1.29, 1.82) is 0 Å². The van der Waals surface area contributed by atoms with E-state index < -0.39 is 0 Å². The molecule has 0 amide bonds. The van der Waals surface area contributed by atoms with Gasteiger partial charge >= 0.3 is 0 Å². The lowest BCUT2D eigenvalue weighted by molar-refractivity contribution is 0.112. The number of H-pyrrole nitrogens is 1. The number of rotatable bonds is 2. The molecule has 0 bridgehead atoms. The highest BCUT2D eigenvalue weighted by Gasteiger charge is 2.02. The number of nitrogens with one attached hydrogen (secondary N) is 1. The maximum absolute atomic E-state index is 10.5. The number of carbonyl (C=O) groups is 1. The van der Waals surface area contributed by atoms with E-state index >= 15 is 0 Å². The molecule has 0 atom stereocenters. The van der Waals surface area contributed by atoms with Gasteiger partial charge in [-0.25, -0.2) is 0 Å². The summed E-state index contributed by atoms with van der Waals surface area (Å²) in [6, 6.07) is 5.70. The molecule has 13 heavy (non-hydrogen) atoms. The van der Waals surface area contributed by atoms with Crippen molar-refractivity contribution < 1.29 is 9.53 Å². The van der Waals surface area contributed by atoms with Gasteiger partial charge in [0.05, 0.1) is 18.1 Å². The Morgan fingerprint density at radius 1 is 1.54 bits per heavy atom. The molecule has 4 heteroatoms. The van der Waals surface area contributed by atoms with Gasteiger partial charge in [0.25, 0.3) is 6.01 Å². The van der Waals surface area contributed by atoms with Crippen LogP contribution in [0, 0.1) is 0 Å². The smallest absolute Gasteiger partial charge is 0.294 e. The second kappa shape index (κ2) is 2.90. The topological polar surface area (TPSA) is 55.0 Å². The Morgan fingerprint density at radius 2 is 2.38 bits per heavy atom. The maximum atomic E-state index is 10.5. The number of nitrogens with zero attached hydrogens (tertiary/aromatic N) is 1. The van der Waals surface area contributed by atoms with Crippen LogP contribution in [0.15, 0.2) is 18.2 Å². The van der Waals surface area contributed by atoms with Crippen molar-refractivity contribution in [3.63, 3.8) is 0 Å². The van der Waals surface area contributed by atoms with E-state index in [9.17, 15) is 4.79 Å². The standard InChI is InChI=1S/C9H8N2O2/c1-13-9-10-7-3-2-6(5-12)4-8(7)11-9/h2-5H,1H3,(H,10,11). The fourth-order valence-electron chi connectivity index (χ4n) is 1.17. The molecule has 66 valence electrons. The average Bonchev–Trinajstić information content (AvgIpc) is 2.58. The predicted molar refractivity (Wildman–Crippen MR) is 48.0 cm³/mol. The van der Waals surface area contributed by atoms with E-state index in [4.69, 9.17) is 4.74 Å². The highest BCUT2D eigenvalue weighted by molar-refractivity contribution is 5.85. The Hall–Kier alpha value is -1.84. The summed E-state index contributed by atoms with van der Waals surface area (Å²) in [7, 11) is 1.54. The average molecular weight is 176 g/mol. The number of aldehydes is 1. The van der Waals surface area contributed by atoms with Gasteiger partial charge in [0.15, 0.2) is 0 Å². The summed E-state index contributed by atoms with van der Waals surface area (Å²) in [5.74, 6) is 0. The molecule has 1 aromatic heterocycles. The molecule has 1 aromatic carbocycles. The van der Waals surface area contributed by atoms with Gasteiger partial charge < -0.3 is 9.72 Å². The van der Waals surface area contributed by atoms with Gasteiger partial charge in [0.2, 0.25) is 0 Å². The molecule has 0 radical (unpaired) electrons. The van der Waals surface area contributed by atoms with E-state index in [1.165, 1.54) is 0 Å². The Labute approximate surface area is 74.5 Å². The molecule has 0 aliphatic heterocycles. The Kier molecular flexibility index (Phi) is 1.73. The number of aromatic nitrogens is 2. The third-order valence-electron chi connectivity index (χ3n) is 1.81. The van der Waals surface area contributed by atoms with E-state index in [0.717, 1.165) is 17.3 Å². The van der Waals surface area contributed by atoms with Crippen molar-refractivity contribution >= 4 is 17.3 Å². The van der Waals surface area contributed by atoms with Crippen LogP contribution in [-0.2, 0) is 0 Å². The molecule has 2 aromatic rings. The molecule has 0 aliphatic rings. The van der Waals surface area contributed by atoms with Crippen molar-refractivity contribution in [2.75, 3.05) is 7.11 Å². The van der Waals surface area contributed by atoms with Crippen molar-refractivity contribution in [2.24, 2.45) is 0 Å². The Balaban J connectivity index is 2.63. The minimum atomic E-state index is 0.457. The summed E-state index contributed by atoms with van der Waals surface area (Å²) < 4.78 is 4.92. The minimum Gasteiger partial charge on any atom is -0.468 e. The van der Waals surface area contributed by atoms with Crippen LogP contribution in [0.4, 0.5) is 0 Å². The second-order valence-corrected chi connectivity index (χ2v) is 2.64. The Bertz CT molecular complexity index is 448. The molecular weight excluding hydrogens is 168 g/mol. The second-order valence-electron chi connectivity index (χ2n) is 2.64. The van der Waals surface area contributed by atoms with E-state index in [1.807, 2.05) is 0 Å². The van der Waals surface area contributed by atoms with Crippen LogP contribution >= 0.6 is 0 Å². The Morgan fingerprint density at radius 3 is 3.08 bits per heavy atom. The maximum Gasteiger partial charge on any atom is 0.294 e. The molecule has 0 fully saturated rings. The van der Waals surface area contributed by atoms with Crippen LogP contribution in [0.5, 0.6) is 6.01 Å². The first-order valence-electron chi connectivity index (χ1n) is 3.82. The number of benzene rings is 1. The van der Waals surface area contributed by atoms with Crippen LogP contribution in [0.2, 0.25) is 0 Å². The minimum absolute atomic E-state index is 0.457. The summed E-state index contributed by atoms with van der Waals surface area (Å²) >= 11 is 0. The number of aromatic amines is 1. The van der Waals surface area contributed by atoms with E-state index in [0.29, 0.717) is 11.6 Å². The number of ether oxygens (including phenoxy) is 1. The van der Waals surface area contributed by atoms with E-state index in [-0.39, 0.29) is 0 Å². The number of hydrogen-bond donors (Lipinski definition) is 1. The van der Waals surface area contributed by atoms with Gasteiger partial charge in [0.1, 0.15) is 6.29 Å². The van der Waals surface area contributed by atoms with Crippen LogP contribution in [0.1, 0.15) is 10.4 Å². The monoisotopic (exact) mass is 176 g/mol. The molecule has 4 nitrogen and oxygen atoms in total. The summed E-state index contributed by atoms with van der Waals surface area (Å²) in [4.78, 5) is 17.5. The zero-order valence-corrected chi connectivity index (χ0v) is 7.07. The first kappa shape index (κ1) is 7.79. The third kappa shape index (κ3) is 1.26. The van der Waals surface area contributed by atoms with Crippen molar-refractivity contribution in [1.82, 2.24) is 9.97 Å².